The van der Waals surface area contributed by atoms with E-state index in [1.165, 1.54) is 6.26 Å². The van der Waals surface area contributed by atoms with E-state index in [1.54, 1.807) is 12.3 Å². The van der Waals surface area contributed by atoms with Gasteiger partial charge in [0.15, 0.2) is 0 Å². The third-order valence-electron chi connectivity index (χ3n) is 2.51. The Morgan fingerprint density at radius 2 is 1.75 bits per heavy atom. The minimum Gasteiger partial charge on any atom is -0.456 e. The molecule has 0 radical (unpaired) electrons. The Morgan fingerprint density at radius 3 is 2.56 bits per heavy atom. The molecule has 2 aromatic heterocycles. The maximum atomic E-state index is 11.4. The summed E-state index contributed by atoms with van der Waals surface area (Å²) in [5, 5.41) is 0.780. The lowest BCUT2D eigenvalue weighted by atomic mass is 10.1. The predicted molar refractivity (Wildman–Crippen MR) is 60.2 cm³/mol. The van der Waals surface area contributed by atoms with E-state index in [-0.39, 0.29) is 5.58 Å². The Morgan fingerprint density at radius 1 is 0.938 bits per heavy atom. The van der Waals surface area contributed by atoms with Gasteiger partial charge in [0.1, 0.15) is 6.26 Å². The van der Waals surface area contributed by atoms with Gasteiger partial charge in [0, 0.05) is 10.9 Å². The molecule has 16 heavy (non-hydrogen) atoms. The molecule has 2 heterocycles. The lowest BCUT2D eigenvalue weighted by Crippen LogP contribution is -1.95. The molecule has 0 fully saturated rings. The van der Waals surface area contributed by atoms with E-state index in [4.69, 9.17) is 8.83 Å². The van der Waals surface area contributed by atoms with Gasteiger partial charge in [-0.25, -0.2) is 4.79 Å². The molecular formula is C13H8O3. The van der Waals surface area contributed by atoms with E-state index < -0.39 is 5.63 Å². The normalized spacial score (nSPS) is 10.8. The van der Waals surface area contributed by atoms with Gasteiger partial charge in [0.2, 0.25) is 5.58 Å². The van der Waals surface area contributed by atoms with E-state index in [0.717, 1.165) is 16.5 Å². The molecule has 3 nitrogen and oxygen atoms in total. The fourth-order valence-electron chi connectivity index (χ4n) is 1.75. The second-order valence-corrected chi connectivity index (χ2v) is 3.47. The van der Waals surface area contributed by atoms with Crippen LogP contribution in [0.4, 0.5) is 0 Å². The topological polar surface area (TPSA) is 43.4 Å². The molecule has 78 valence electrons. The van der Waals surface area contributed by atoms with Crippen LogP contribution in [0.1, 0.15) is 0 Å². The van der Waals surface area contributed by atoms with Crippen LogP contribution in [-0.2, 0) is 0 Å². The lowest BCUT2D eigenvalue weighted by molar-refractivity contribution is 0.496. The maximum absolute atomic E-state index is 11.4. The molecule has 0 unspecified atom stereocenters. The summed E-state index contributed by atoms with van der Waals surface area (Å²) in [5.74, 6) is 0. The van der Waals surface area contributed by atoms with Crippen molar-refractivity contribution in [2.24, 2.45) is 0 Å². The first-order valence-corrected chi connectivity index (χ1v) is 4.91. The van der Waals surface area contributed by atoms with Crippen LogP contribution in [0.25, 0.3) is 22.1 Å². The van der Waals surface area contributed by atoms with Crippen molar-refractivity contribution in [3.63, 3.8) is 0 Å². The number of hydrogen-bond donors (Lipinski definition) is 0. The first-order valence-electron chi connectivity index (χ1n) is 4.91. The molecule has 1 aromatic carbocycles. The van der Waals surface area contributed by atoms with Gasteiger partial charge in [-0.3, -0.25) is 0 Å². The van der Waals surface area contributed by atoms with E-state index in [0.29, 0.717) is 0 Å². The largest absolute Gasteiger partial charge is 0.456 e. The quantitative estimate of drug-likeness (QED) is 0.622. The van der Waals surface area contributed by atoms with Crippen molar-refractivity contribution in [2.75, 3.05) is 0 Å². The van der Waals surface area contributed by atoms with Crippen LogP contribution in [0.15, 0.2) is 62.6 Å². The van der Waals surface area contributed by atoms with Crippen molar-refractivity contribution >= 4 is 11.0 Å². The van der Waals surface area contributed by atoms with E-state index in [1.807, 2.05) is 30.3 Å². The Labute approximate surface area is 90.9 Å². The van der Waals surface area contributed by atoms with Crippen LogP contribution in [0.3, 0.4) is 0 Å². The maximum Gasteiger partial charge on any atom is 0.379 e. The molecule has 0 saturated heterocycles. The van der Waals surface area contributed by atoms with Crippen molar-refractivity contribution in [3.8, 4) is 11.1 Å². The molecule has 0 aliphatic rings. The number of benzene rings is 1. The van der Waals surface area contributed by atoms with Gasteiger partial charge in [-0.1, -0.05) is 30.3 Å². The molecule has 0 atom stereocenters. The molecular weight excluding hydrogens is 204 g/mol. The minimum absolute atomic E-state index is 0.265. The molecule has 0 N–H and O–H groups in total. The standard InChI is InChI=1S/C13H8O3/c14-13-12-10(6-7-15-13)11(8-16-12)9-4-2-1-3-5-9/h1-8H. The van der Waals surface area contributed by atoms with Crippen molar-refractivity contribution in [3.05, 3.63) is 59.3 Å². The molecule has 3 rings (SSSR count). The third-order valence-corrected chi connectivity index (χ3v) is 2.51. The smallest absolute Gasteiger partial charge is 0.379 e. The Kier molecular flexibility index (Phi) is 1.90. The molecule has 0 bridgehead atoms. The summed E-state index contributed by atoms with van der Waals surface area (Å²) in [6.07, 6.45) is 2.96. The highest BCUT2D eigenvalue weighted by Gasteiger charge is 2.10. The first kappa shape index (κ1) is 8.97. The van der Waals surface area contributed by atoms with Gasteiger partial charge in [-0.15, -0.1) is 0 Å². The van der Waals surface area contributed by atoms with E-state index in [2.05, 4.69) is 0 Å². The lowest BCUT2D eigenvalue weighted by Gasteiger charge is -1.96. The van der Waals surface area contributed by atoms with E-state index in [9.17, 15) is 4.79 Å². The molecule has 0 aliphatic carbocycles. The van der Waals surface area contributed by atoms with Crippen molar-refractivity contribution in [1.82, 2.24) is 0 Å². The highest BCUT2D eigenvalue weighted by atomic mass is 16.4. The number of rotatable bonds is 1. The van der Waals surface area contributed by atoms with Crippen LogP contribution >= 0.6 is 0 Å². The van der Waals surface area contributed by atoms with Gasteiger partial charge >= 0.3 is 5.63 Å². The van der Waals surface area contributed by atoms with Crippen LogP contribution < -0.4 is 5.63 Å². The minimum atomic E-state index is -0.445. The highest BCUT2D eigenvalue weighted by Crippen LogP contribution is 2.28. The molecule has 0 amide bonds. The second-order valence-electron chi connectivity index (χ2n) is 3.47. The number of fused-ring (bicyclic) bond motifs is 1. The average Bonchev–Trinajstić information content (AvgIpc) is 2.75. The Hall–Kier alpha value is -2.29. The summed E-state index contributed by atoms with van der Waals surface area (Å²) in [6.45, 7) is 0. The highest BCUT2D eigenvalue weighted by molar-refractivity contribution is 5.92. The summed E-state index contributed by atoms with van der Waals surface area (Å²) in [6, 6.07) is 11.5. The van der Waals surface area contributed by atoms with Gasteiger partial charge in [0.05, 0.1) is 6.26 Å². The van der Waals surface area contributed by atoms with E-state index >= 15 is 0 Å². The van der Waals surface area contributed by atoms with Crippen molar-refractivity contribution in [1.29, 1.82) is 0 Å². The SMILES string of the molecule is O=c1occc2c(-c3ccccc3)coc12. The van der Waals surface area contributed by atoms with Gasteiger partial charge in [-0.2, -0.15) is 0 Å². The van der Waals surface area contributed by atoms with Gasteiger partial charge < -0.3 is 8.83 Å². The Balaban J connectivity index is 2.34. The van der Waals surface area contributed by atoms with Crippen LogP contribution in [0, 0.1) is 0 Å². The third kappa shape index (κ3) is 1.26. The molecule has 3 heteroatoms. The average molecular weight is 212 g/mol. The summed E-state index contributed by atoms with van der Waals surface area (Å²) < 4.78 is 9.97. The summed E-state index contributed by atoms with van der Waals surface area (Å²) >= 11 is 0. The summed E-state index contributed by atoms with van der Waals surface area (Å²) in [7, 11) is 0. The summed E-state index contributed by atoms with van der Waals surface area (Å²) in [4.78, 5) is 11.4. The number of hydrogen-bond acceptors (Lipinski definition) is 3. The molecule has 0 spiro atoms. The van der Waals surface area contributed by atoms with Crippen LogP contribution in [-0.4, -0.2) is 0 Å². The molecule has 0 saturated carbocycles. The van der Waals surface area contributed by atoms with Crippen molar-refractivity contribution in [2.45, 2.75) is 0 Å². The zero-order valence-corrected chi connectivity index (χ0v) is 8.34. The predicted octanol–water partition coefficient (Wildman–Crippen LogP) is 3.05. The Bertz CT molecular complexity index is 677. The zero-order valence-electron chi connectivity index (χ0n) is 8.34. The molecule has 3 aromatic rings. The monoisotopic (exact) mass is 212 g/mol. The van der Waals surface area contributed by atoms with Gasteiger partial charge in [0.25, 0.3) is 0 Å². The van der Waals surface area contributed by atoms with Crippen LogP contribution in [0.2, 0.25) is 0 Å². The second kappa shape index (κ2) is 3.38. The summed E-state index contributed by atoms with van der Waals surface area (Å²) in [5.41, 5.74) is 1.75. The first-order chi connectivity index (χ1) is 7.86. The number of furan rings is 1. The zero-order chi connectivity index (χ0) is 11.0. The van der Waals surface area contributed by atoms with Gasteiger partial charge in [-0.05, 0) is 11.6 Å². The fourth-order valence-corrected chi connectivity index (χ4v) is 1.75. The fraction of sp³-hybridized carbons (Fsp3) is 0. The molecule has 0 aliphatic heterocycles. The van der Waals surface area contributed by atoms with Crippen LogP contribution in [0.5, 0.6) is 0 Å². The van der Waals surface area contributed by atoms with Crippen molar-refractivity contribution < 1.29 is 8.83 Å².